The normalized spacial score (nSPS) is 19.7. The smallest absolute Gasteiger partial charge is 0.253 e. The largest absolute Gasteiger partial charge is 0.379 e. The number of hydrogen-bond acceptors (Lipinski definition) is 8. The molecule has 0 aliphatic carbocycles. The second kappa shape index (κ2) is 12.3. The molecule has 0 saturated carbocycles. The lowest BCUT2D eigenvalue weighted by Crippen LogP contribution is -2.53. The summed E-state index contributed by atoms with van der Waals surface area (Å²) in [5.41, 5.74) is 2.06. The Labute approximate surface area is 237 Å². The highest BCUT2D eigenvalue weighted by atomic mass is 35.5. The molecule has 1 atom stereocenters. The Hall–Kier alpha value is -1.60. The highest BCUT2D eigenvalue weighted by molar-refractivity contribution is 7.91. The predicted molar refractivity (Wildman–Crippen MR) is 154 cm³/mol. The molecule has 1 aromatic carbocycles. The Bertz CT molecular complexity index is 1370. The molecule has 0 radical (unpaired) electrons. The number of carbonyl (C=O) groups excluding carboxylic acids is 1. The SMILES string of the molecule is CCc1cccc2sc(N(CCCN3CCOCC3)C(=O)C3CCCCN3S(=O)(=O)c3ccc(Cl)s3)nc12. The summed E-state index contributed by atoms with van der Waals surface area (Å²) in [6.07, 6.45) is 3.63. The zero-order chi connectivity index (χ0) is 26.7. The Balaban J connectivity index is 1.45. The van der Waals surface area contributed by atoms with Crippen LogP contribution in [0.4, 0.5) is 5.13 Å². The Morgan fingerprint density at radius 3 is 2.71 bits per heavy atom. The maximum absolute atomic E-state index is 14.2. The number of aromatic nitrogens is 1. The summed E-state index contributed by atoms with van der Waals surface area (Å²) < 4.78 is 35.7. The van der Waals surface area contributed by atoms with Gasteiger partial charge in [0.1, 0.15) is 10.3 Å². The first-order valence-electron chi connectivity index (χ1n) is 13.2. The van der Waals surface area contributed by atoms with Crippen LogP contribution >= 0.6 is 34.3 Å². The van der Waals surface area contributed by atoms with Crippen molar-refractivity contribution in [1.29, 1.82) is 0 Å². The van der Waals surface area contributed by atoms with E-state index in [1.165, 1.54) is 21.7 Å². The maximum atomic E-state index is 14.2. The van der Waals surface area contributed by atoms with E-state index in [0.29, 0.717) is 29.0 Å². The minimum absolute atomic E-state index is 0.175. The summed E-state index contributed by atoms with van der Waals surface area (Å²) >= 11 is 8.59. The number of thiazole rings is 1. The number of sulfonamides is 1. The van der Waals surface area contributed by atoms with Crippen molar-refractivity contribution in [3.05, 3.63) is 40.2 Å². The lowest BCUT2D eigenvalue weighted by molar-refractivity contribution is -0.123. The highest BCUT2D eigenvalue weighted by Crippen LogP contribution is 2.35. The monoisotopic (exact) mass is 596 g/mol. The summed E-state index contributed by atoms with van der Waals surface area (Å²) in [7, 11) is -3.84. The maximum Gasteiger partial charge on any atom is 0.253 e. The number of halogens is 1. The minimum Gasteiger partial charge on any atom is -0.379 e. The van der Waals surface area contributed by atoms with Crippen molar-refractivity contribution in [3.63, 3.8) is 0 Å². The molecule has 38 heavy (non-hydrogen) atoms. The number of ether oxygens (including phenoxy) is 1. The third-order valence-corrected chi connectivity index (χ3v) is 11.8. The summed E-state index contributed by atoms with van der Waals surface area (Å²) in [6, 6.07) is 8.47. The van der Waals surface area contributed by atoms with Crippen molar-refractivity contribution in [3.8, 4) is 0 Å². The quantitative estimate of drug-likeness (QED) is 0.350. The van der Waals surface area contributed by atoms with Gasteiger partial charge >= 0.3 is 0 Å². The van der Waals surface area contributed by atoms with Crippen LogP contribution in [0.5, 0.6) is 0 Å². The number of fused-ring (bicyclic) bond motifs is 1. The first kappa shape index (κ1) is 27.9. The molecule has 2 fully saturated rings. The van der Waals surface area contributed by atoms with Gasteiger partial charge < -0.3 is 4.74 Å². The van der Waals surface area contributed by atoms with Crippen LogP contribution in [0, 0.1) is 0 Å². The van der Waals surface area contributed by atoms with E-state index in [0.717, 1.165) is 85.6 Å². The van der Waals surface area contributed by atoms with Gasteiger partial charge in [0, 0.05) is 32.7 Å². The zero-order valence-corrected chi connectivity index (χ0v) is 24.7. The molecule has 8 nitrogen and oxygen atoms in total. The molecule has 2 aromatic heterocycles. The second-order valence-corrected chi connectivity index (χ2v) is 14.4. The summed E-state index contributed by atoms with van der Waals surface area (Å²) in [5.74, 6) is -0.199. The van der Waals surface area contributed by atoms with Crippen molar-refractivity contribution >= 4 is 65.6 Å². The number of para-hydroxylation sites is 1. The summed E-state index contributed by atoms with van der Waals surface area (Å²) in [5, 5.41) is 0.634. The minimum atomic E-state index is -3.84. The number of carbonyl (C=O) groups is 1. The van der Waals surface area contributed by atoms with Gasteiger partial charge in [0.25, 0.3) is 10.0 Å². The van der Waals surface area contributed by atoms with Crippen LogP contribution in [0.15, 0.2) is 34.5 Å². The molecule has 12 heteroatoms. The molecule has 206 valence electrons. The first-order chi connectivity index (χ1) is 18.4. The standard InChI is InChI=1S/C26H33ClN4O4S3/c1-2-19-7-5-9-21-24(19)28-26(36-21)30(13-6-12-29-15-17-35-18-16-29)25(32)20-8-3-4-14-31(20)38(33,34)23-11-10-22(27)37-23/h5,7,9-11,20H,2-4,6,8,12-18H2,1H3. The number of piperidine rings is 1. The van der Waals surface area contributed by atoms with Gasteiger partial charge in [-0.1, -0.05) is 48.4 Å². The molecular formula is C26H33ClN4O4S3. The van der Waals surface area contributed by atoms with Gasteiger partial charge in [0.05, 0.1) is 27.8 Å². The lowest BCUT2D eigenvalue weighted by atomic mass is 10.0. The van der Waals surface area contributed by atoms with Gasteiger partial charge in [0.15, 0.2) is 5.13 Å². The number of thiophene rings is 1. The molecule has 0 spiro atoms. The van der Waals surface area contributed by atoms with Gasteiger partial charge in [-0.15, -0.1) is 11.3 Å². The molecule has 0 N–H and O–H groups in total. The number of morpholine rings is 1. The van der Waals surface area contributed by atoms with Gasteiger partial charge in [0.2, 0.25) is 5.91 Å². The Kier molecular flexibility index (Phi) is 9.03. The second-order valence-electron chi connectivity index (χ2n) is 9.60. The average molecular weight is 597 g/mol. The van der Waals surface area contributed by atoms with Crippen LogP contribution in [-0.4, -0.2) is 80.5 Å². The fourth-order valence-electron chi connectivity index (χ4n) is 5.14. The molecular weight excluding hydrogens is 564 g/mol. The number of aryl methyl sites for hydroxylation is 1. The van der Waals surface area contributed by atoms with E-state index in [4.69, 9.17) is 21.3 Å². The Morgan fingerprint density at radius 2 is 1.97 bits per heavy atom. The van der Waals surface area contributed by atoms with Crippen LogP contribution in [-0.2, 0) is 26.0 Å². The topological polar surface area (TPSA) is 83.0 Å². The first-order valence-corrected chi connectivity index (χ1v) is 16.6. The average Bonchev–Trinajstić information content (AvgIpc) is 3.58. The molecule has 2 aliphatic heterocycles. The van der Waals surface area contributed by atoms with Gasteiger partial charge in [-0.3, -0.25) is 14.6 Å². The number of nitrogens with zero attached hydrogens (tertiary/aromatic N) is 4. The van der Waals surface area contributed by atoms with E-state index in [2.05, 4.69) is 17.9 Å². The third-order valence-electron chi connectivity index (χ3n) is 7.18. The number of anilines is 1. The van der Waals surface area contributed by atoms with Crippen molar-refractivity contribution in [2.45, 2.75) is 49.3 Å². The molecule has 4 heterocycles. The van der Waals surface area contributed by atoms with Crippen molar-refractivity contribution in [2.75, 3.05) is 50.8 Å². The highest BCUT2D eigenvalue weighted by Gasteiger charge is 2.41. The molecule has 1 amide bonds. The molecule has 0 bridgehead atoms. The molecule has 1 unspecified atom stereocenters. The molecule has 5 rings (SSSR count). The van der Waals surface area contributed by atoms with E-state index in [9.17, 15) is 13.2 Å². The van der Waals surface area contributed by atoms with Crippen LogP contribution in [0.2, 0.25) is 4.34 Å². The van der Waals surface area contributed by atoms with Gasteiger partial charge in [-0.05, 0) is 49.4 Å². The fraction of sp³-hybridized carbons (Fsp3) is 0.538. The summed E-state index contributed by atoms with van der Waals surface area (Å²) in [4.78, 5) is 23.2. The van der Waals surface area contributed by atoms with Crippen molar-refractivity contribution in [1.82, 2.24) is 14.2 Å². The van der Waals surface area contributed by atoms with Crippen LogP contribution in [0.3, 0.4) is 0 Å². The Morgan fingerprint density at radius 1 is 1.16 bits per heavy atom. The van der Waals surface area contributed by atoms with Crippen LogP contribution in [0.25, 0.3) is 10.2 Å². The van der Waals surface area contributed by atoms with Gasteiger partial charge in [-0.25, -0.2) is 13.4 Å². The van der Waals surface area contributed by atoms with E-state index < -0.39 is 16.1 Å². The van der Waals surface area contributed by atoms with Crippen molar-refractivity contribution in [2.24, 2.45) is 0 Å². The van der Waals surface area contributed by atoms with Crippen LogP contribution < -0.4 is 4.90 Å². The molecule has 2 aliphatic rings. The fourth-order valence-corrected chi connectivity index (χ4v) is 9.45. The van der Waals surface area contributed by atoms with E-state index in [1.807, 2.05) is 12.1 Å². The van der Waals surface area contributed by atoms with E-state index >= 15 is 0 Å². The predicted octanol–water partition coefficient (Wildman–Crippen LogP) is 4.87. The van der Waals surface area contributed by atoms with Crippen molar-refractivity contribution < 1.29 is 17.9 Å². The molecule has 2 saturated heterocycles. The lowest BCUT2D eigenvalue weighted by Gasteiger charge is -2.36. The number of benzene rings is 1. The van der Waals surface area contributed by atoms with E-state index in [-0.39, 0.29) is 10.1 Å². The van der Waals surface area contributed by atoms with E-state index in [1.54, 1.807) is 11.0 Å². The third kappa shape index (κ3) is 5.94. The number of hydrogen-bond donors (Lipinski definition) is 0. The number of amides is 1. The van der Waals surface area contributed by atoms with Gasteiger partial charge in [-0.2, -0.15) is 4.31 Å². The number of rotatable bonds is 9. The van der Waals surface area contributed by atoms with Crippen LogP contribution in [0.1, 0.15) is 38.2 Å². The zero-order valence-electron chi connectivity index (χ0n) is 21.5. The molecule has 3 aromatic rings. The summed E-state index contributed by atoms with van der Waals surface area (Å²) in [6.45, 7) is 6.95.